The Bertz CT molecular complexity index is 226. The highest BCUT2D eigenvalue weighted by molar-refractivity contribution is 5.82. The molecule has 1 saturated carbocycles. The van der Waals surface area contributed by atoms with Crippen LogP contribution in [0, 0.1) is 5.41 Å². The monoisotopic (exact) mass is 213 g/mol. The quantitative estimate of drug-likeness (QED) is 0.751. The summed E-state index contributed by atoms with van der Waals surface area (Å²) in [7, 11) is 0. The van der Waals surface area contributed by atoms with Crippen molar-refractivity contribution in [3.05, 3.63) is 0 Å². The summed E-state index contributed by atoms with van der Waals surface area (Å²) in [6, 6.07) is -0.0305. The van der Waals surface area contributed by atoms with Crippen molar-refractivity contribution in [1.29, 1.82) is 0 Å². The molecule has 0 bridgehead atoms. The van der Waals surface area contributed by atoms with E-state index in [1.165, 1.54) is 0 Å². The van der Waals surface area contributed by atoms with E-state index in [4.69, 9.17) is 0 Å². The summed E-state index contributed by atoms with van der Waals surface area (Å²) >= 11 is 0. The summed E-state index contributed by atoms with van der Waals surface area (Å²) < 4.78 is 0. The summed E-state index contributed by atoms with van der Waals surface area (Å²) in [5.74, 6) is 0.0657. The molecule has 88 valence electrons. The number of nitrogens with one attached hydrogen (secondary N) is 1. The van der Waals surface area contributed by atoms with Gasteiger partial charge in [-0.15, -0.1) is 0 Å². The fourth-order valence-electron chi connectivity index (χ4n) is 1.80. The van der Waals surface area contributed by atoms with Crippen molar-refractivity contribution in [2.75, 3.05) is 0 Å². The van der Waals surface area contributed by atoms with E-state index >= 15 is 0 Å². The lowest BCUT2D eigenvalue weighted by Crippen LogP contribution is -2.49. The third-order valence-corrected chi connectivity index (χ3v) is 3.54. The lowest BCUT2D eigenvalue weighted by molar-refractivity contribution is -0.131. The Morgan fingerprint density at radius 1 is 1.40 bits per heavy atom. The summed E-state index contributed by atoms with van der Waals surface area (Å²) in [5.41, 5.74) is -0.322. The van der Waals surface area contributed by atoms with E-state index in [1.807, 2.05) is 20.8 Å². The van der Waals surface area contributed by atoms with Crippen molar-refractivity contribution in [1.82, 2.24) is 5.32 Å². The zero-order chi connectivity index (χ0) is 11.5. The molecular weight excluding hydrogens is 190 g/mol. The number of rotatable bonds is 3. The van der Waals surface area contributed by atoms with Gasteiger partial charge in [-0.2, -0.15) is 0 Å². The smallest absolute Gasteiger partial charge is 0.225 e. The van der Waals surface area contributed by atoms with Crippen LogP contribution < -0.4 is 5.32 Å². The zero-order valence-corrected chi connectivity index (χ0v) is 10.0. The maximum atomic E-state index is 11.9. The molecule has 1 rings (SSSR count). The molecule has 3 nitrogen and oxygen atoms in total. The second kappa shape index (κ2) is 4.97. The van der Waals surface area contributed by atoms with Crippen molar-refractivity contribution < 1.29 is 9.90 Å². The van der Waals surface area contributed by atoms with Crippen molar-refractivity contribution in [2.24, 2.45) is 5.41 Å². The first-order chi connectivity index (χ1) is 6.97. The Kier molecular flexibility index (Phi) is 4.14. The van der Waals surface area contributed by atoms with Gasteiger partial charge in [0.05, 0.1) is 12.1 Å². The number of aliphatic hydroxyl groups is 1. The topological polar surface area (TPSA) is 49.3 Å². The summed E-state index contributed by atoms with van der Waals surface area (Å²) in [4.78, 5) is 11.9. The molecule has 0 aliphatic heterocycles. The van der Waals surface area contributed by atoms with Crippen LogP contribution in [0.15, 0.2) is 0 Å². The van der Waals surface area contributed by atoms with Crippen molar-refractivity contribution in [2.45, 2.75) is 65.0 Å². The van der Waals surface area contributed by atoms with E-state index in [0.717, 1.165) is 32.1 Å². The molecule has 1 aliphatic rings. The third kappa shape index (κ3) is 3.20. The van der Waals surface area contributed by atoms with E-state index in [9.17, 15) is 9.90 Å². The van der Waals surface area contributed by atoms with E-state index in [0.29, 0.717) is 0 Å². The highest BCUT2D eigenvalue weighted by Gasteiger charge is 2.30. The van der Waals surface area contributed by atoms with Gasteiger partial charge >= 0.3 is 0 Å². The van der Waals surface area contributed by atoms with Gasteiger partial charge in [-0.1, -0.05) is 33.6 Å². The molecule has 0 radical (unpaired) electrons. The predicted molar refractivity (Wildman–Crippen MR) is 60.5 cm³/mol. The highest BCUT2D eigenvalue weighted by atomic mass is 16.3. The molecule has 0 saturated heterocycles. The Labute approximate surface area is 92.3 Å². The predicted octanol–water partition coefficient (Wildman–Crippen LogP) is 1.84. The third-order valence-electron chi connectivity index (χ3n) is 3.54. The van der Waals surface area contributed by atoms with Crippen LogP contribution in [0.5, 0.6) is 0 Å². The first-order valence-electron chi connectivity index (χ1n) is 5.96. The molecule has 0 aromatic rings. The van der Waals surface area contributed by atoms with Gasteiger partial charge < -0.3 is 10.4 Å². The van der Waals surface area contributed by atoms with E-state index in [-0.39, 0.29) is 23.5 Å². The highest BCUT2D eigenvalue weighted by Crippen LogP contribution is 2.23. The molecular formula is C12H23NO2. The van der Waals surface area contributed by atoms with E-state index in [2.05, 4.69) is 5.32 Å². The van der Waals surface area contributed by atoms with Crippen molar-refractivity contribution in [3.8, 4) is 0 Å². The molecule has 2 N–H and O–H groups in total. The first-order valence-corrected chi connectivity index (χ1v) is 5.96. The van der Waals surface area contributed by atoms with Gasteiger partial charge in [-0.3, -0.25) is 4.79 Å². The average molecular weight is 213 g/mol. The van der Waals surface area contributed by atoms with Crippen LogP contribution in [0.25, 0.3) is 0 Å². The van der Waals surface area contributed by atoms with Gasteiger partial charge in [0.2, 0.25) is 5.91 Å². The van der Waals surface area contributed by atoms with Crippen LogP contribution in [0.4, 0.5) is 0 Å². The fraction of sp³-hybridized carbons (Fsp3) is 0.917. The van der Waals surface area contributed by atoms with Gasteiger partial charge in [0.25, 0.3) is 0 Å². The van der Waals surface area contributed by atoms with Gasteiger partial charge in [-0.05, 0) is 19.3 Å². The van der Waals surface area contributed by atoms with Crippen molar-refractivity contribution in [3.63, 3.8) is 0 Å². The minimum absolute atomic E-state index is 0.0305. The van der Waals surface area contributed by atoms with Crippen LogP contribution in [0.3, 0.4) is 0 Å². The maximum absolute atomic E-state index is 11.9. The number of carbonyl (C=O) groups excluding carboxylic acids is 1. The van der Waals surface area contributed by atoms with Crippen molar-refractivity contribution >= 4 is 5.91 Å². The largest absolute Gasteiger partial charge is 0.391 e. The Hall–Kier alpha value is -0.570. The molecule has 1 amide bonds. The number of hydrogen-bond donors (Lipinski definition) is 2. The van der Waals surface area contributed by atoms with Gasteiger partial charge in [0, 0.05) is 5.41 Å². The standard InChI is InChI=1S/C12H23NO2/c1-4-12(2,3)11(15)13-9-7-5-6-8-10(9)14/h9-10,14H,4-8H2,1-3H3,(H,13,15)/t9-,10-/m0/s1. The number of carbonyl (C=O) groups is 1. The maximum Gasteiger partial charge on any atom is 0.225 e. The first kappa shape index (κ1) is 12.5. The average Bonchev–Trinajstić information content (AvgIpc) is 2.21. The summed E-state index contributed by atoms with van der Waals surface area (Å²) in [6.07, 6.45) is 4.38. The SMILES string of the molecule is CCC(C)(C)C(=O)N[C@H]1CCCC[C@@H]1O. The fourth-order valence-corrected chi connectivity index (χ4v) is 1.80. The van der Waals surface area contributed by atoms with Gasteiger partial charge in [0.15, 0.2) is 0 Å². The Morgan fingerprint density at radius 2 is 2.00 bits per heavy atom. The molecule has 0 heterocycles. The van der Waals surface area contributed by atoms with Crippen LogP contribution >= 0.6 is 0 Å². The minimum Gasteiger partial charge on any atom is -0.391 e. The molecule has 0 aromatic carbocycles. The molecule has 0 spiro atoms. The second-order valence-corrected chi connectivity index (χ2v) is 5.17. The minimum atomic E-state index is -0.352. The normalized spacial score (nSPS) is 27.5. The van der Waals surface area contributed by atoms with Gasteiger partial charge in [0.1, 0.15) is 0 Å². The molecule has 3 heteroatoms. The number of hydrogen-bond acceptors (Lipinski definition) is 2. The van der Waals surface area contributed by atoms with Crippen LogP contribution in [-0.4, -0.2) is 23.2 Å². The second-order valence-electron chi connectivity index (χ2n) is 5.17. The number of aliphatic hydroxyl groups excluding tert-OH is 1. The summed E-state index contributed by atoms with van der Waals surface area (Å²) in [6.45, 7) is 5.89. The Morgan fingerprint density at radius 3 is 2.53 bits per heavy atom. The van der Waals surface area contributed by atoms with Crippen LogP contribution in [0.1, 0.15) is 52.9 Å². The molecule has 2 atom stereocenters. The molecule has 0 aromatic heterocycles. The van der Waals surface area contributed by atoms with Gasteiger partial charge in [-0.25, -0.2) is 0 Å². The molecule has 1 fully saturated rings. The summed E-state index contributed by atoms with van der Waals surface area (Å²) in [5, 5.41) is 12.7. The molecule has 1 aliphatic carbocycles. The zero-order valence-electron chi connectivity index (χ0n) is 10.0. The van der Waals surface area contributed by atoms with E-state index in [1.54, 1.807) is 0 Å². The molecule has 15 heavy (non-hydrogen) atoms. The lowest BCUT2D eigenvalue weighted by Gasteiger charge is -2.31. The molecule has 0 unspecified atom stereocenters. The van der Waals surface area contributed by atoms with Crippen LogP contribution in [-0.2, 0) is 4.79 Å². The number of amides is 1. The van der Waals surface area contributed by atoms with Crippen LogP contribution in [0.2, 0.25) is 0 Å². The lowest BCUT2D eigenvalue weighted by atomic mass is 9.87. The van der Waals surface area contributed by atoms with E-state index < -0.39 is 0 Å². The Balaban J connectivity index is 2.50.